The molecule has 0 radical (unpaired) electrons. The van der Waals surface area contributed by atoms with Crippen molar-refractivity contribution in [1.29, 1.82) is 0 Å². The van der Waals surface area contributed by atoms with Gasteiger partial charge < -0.3 is 10.2 Å². The summed E-state index contributed by atoms with van der Waals surface area (Å²) in [6.07, 6.45) is 11.3. The lowest BCUT2D eigenvalue weighted by Gasteiger charge is -2.36. The Bertz CT molecular complexity index is 508. The lowest BCUT2D eigenvalue weighted by atomic mass is 9.73. The van der Waals surface area contributed by atoms with Crippen LogP contribution in [0.25, 0.3) is 0 Å². The quantitative estimate of drug-likeness (QED) is 0.492. The van der Waals surface area contributed by atoms with Gasteiger partial charge in [0.05, 0.1) is 9.65 Å². The van der Waals surface area contributed by atoms with Gasteiger partial charge >= 0.3 is 0 Å². The molecule has 0 amide bonds. The first-order valence-corrected chi connectivity index (χ1v) is 9.82. The van der Waals surface area contributed by atoms with Gasteiger partial charge in [-0.2, -0.15) is 0 Å². The second-order valence-corrected chi connectivity index (χ2v) is 10.3. The van der Waals surface area contributed by atoms with E-state index in [9.17, 15) is 10.2 Å². The van der Waals surface area contributed by atoms with Crippen molar-refractivity contribution >= 4 is 63.7 Å². The molecule has 0 aromatic rings. The van der Waals surface area contributed by atoms with Gasteiger partial charge in [-0.15, -0.1) is 0 Å². The third-order valence-electron chi connectivity index (χ3n) is 3.86. The Balaban J connectivity index is 2.33. The van der Waals surface area contributed by atoms with E-state index in [0.29, 0.717) is 0 Å². The van der Waals surface area contributed by atoms with Crippen LogP contribution < -0.4 is 0 Å². The van der Waals surface area contributed by atoms with Gasteiger partial charge in [-0.3, -0.25) is 0 Å². The molecule has 2 aliphatic carbocycles. The highest BCUT2D eigenvalue weighted by atomic mass is 79.9. The first-order valence-electron chi connectivity index (χ1n) is 6.40. The molecule has 2 aliphatic rings. The van der Waals surface area contributed by atoms with Crippen molar-refractivity contribution < 1.29 is 10.2 Å². The van der Waals surface area contributed by atoms with E-state index in [4.69, 9.17) is 0 Å². The van der Waals surface area contributed by atoms with Crippen molar-refractivity contribution in [2.75, 3.05) is 0 Å². The summed E-state index contributed by atoms with van der Waals surface area (Å²) in [5, 5.41) is 20.2. The van der Waals surface area contributed by atoms with Crippen LogP contribution in [-0.2, 0) is 0 Å². The maximum atomic E-state index is 10.1. The summed E-state index contributed by atoms with van der Waals surface area (Å²) in [5.74, 6) is 0. The summed E-state index contributed by atoms with van der Waals surface area (Å²) in [4.78, 5) is -0.407. The summed E-state index contributed by atoms with van der Waals surface area (Å²) in [6.45, 7) is 4.24. The van der Waals surface area contributed by atoms with Crippen LogP contribution in [0.3, 0.4) is 0 Å². The normalized spacial score (nSPS) is 40.0. The largest absolute Gasteiger partial charge is 0.374 e. The van der Waals surface area contributed by atoms with E-state index in [1.807, 2.05) is 24.3 Å². The van der Waals surface area contributed by atoms with Crippen LogP contribution in [0, 0.1) is 5.41 Å². The molecule has 2 rings (SSSR count). The second kappa shape index (κ2) is 6.02. The standard InChI is InChI=1S/C15H16Br4O2/c1-13(2,9-3-5-14(18,20)11(16)7-9)10-4-6-15(19,21)12(17)8-10/h3-8,11-12,20-21H,1-2H3. The van der Waals surface area contributed by atoms with Gasteiger partial charge in [0.1, 0.15) is 0 Å². The van der Waals surface area contributed by atoms with Gasteiger partial charge in [0.25, 0.3) is 0 Å². The second-order valence-electron chi connectivity index (χ2n) is 5.79. The van der Waals surface area contributed by atoms with Crippen molar-refractivity contribution in [2.24, 2.45) is 5.41 Å². The molecular weight excluding hydrogens is 532 g/mol. The SMILES string of the molecule is CC(C)(C1=CC(Br)C(O)(Br)C=C1)C1=CC(Br)C(O)(Br)C=C1. The van der Waals surface area contributed by atoms with Crippen LogP contribution in [0.5, 0.6) is 0 Å². The van der Waals surface area contributed by atoms with Crippen LogP contribution in [0.15, 0.2) is 47.6 Å². The molecule has 6 heteroatoms. The molecule has 2 nitrogen and oxygen atoms in total. The highest BCUT2D eigenvalue weighted by Crippen LogP contribution is 2.45. The van der Waals surface area contributed by atoms with Crippen molar-refractivity contribution in [2.45, 2.75) is 32.5 Å². The molecule has 4 unspecified atom stereocenters. The van der Waals surface area contributed by atoms with Gasteiger partial charge in [-0.25, -0.2) is 0 Å². The van der Waals surface area contributed by atoms with Crippen LogP contribution >= 0.6 is 63.7 Å². The summed E-state index contributed by atoms with van der Waals surface area (Å²) >= 11 is 13.5. The first-order chi connectivity index (χ1) is 9.47. The predicted molar refractivity (Wildman–Crippen MR) is 101 cm³/mol. The highest BCUT2D eigenvalue weighted by Gasteiger charge is 2.38. The Labute approximate surface area is 158 Å². The number of rotatable bonds is 2. The van der Waals surface area contributed by atoms with E-state index in [1.54, 1.807) is 12.2 Å². The van der Waals surface area contributed by atoms with Crippen LogP contribution in [0.4, 0.5) is 0 Å². The zero-order chi connectivity index (χ0) is 16.1. The van der Waals surface area contributed by atoms with Crippen molar-refractivity contribution in [3.05, 3.63) is 47.6 Å². The van der Waals surface area contributed by atoms with Crippen molar-refractivity contribution in [3.8, 4) is 0 Å². The van der Waals surface area contributed by atoms with Gasteiger partial charge in [-0.05, 0) is 55.2 Å². The van der Waals surface area contributed by atoms with Crippen LogP contribution in [-0.4, -0.2) is 28.9 Å². The van der Waals surface area contributed by atoms with Crippen molar-refractivity contribution in [1.82, 2.24) is 0 Å². The molecule has 4 atom stereocenters. The molecule has 0 saturated heterocycles. The van der Waals surface area contributed by atoms with E-state index < -0.39 is 9.02 Å². The molecule has 0 spiro atoms. The van der Waals surface area contributed by atoms with Gasteiger partial charge in [0, 0.05) is 5.41 Å². The lowest BCUT2D eigenvalue weighted by molar-refractivity contribution is 0.202. The van der Waals surface area contributed by atoms with E-state index in [1.165, 1.54) is 0 Å². The molecule has 21 heavy (non-hydrogen) atoms. The summed E-state index contributed by atoms with van der Waals surface area (Å²) < 4.78 is -2.12. The highest BCUT2D eigenvalue weighted by molar-refractivity contribution is 9.13. The minimum Gasteiger partial charge on any atom is -0.374 e. The molecule has 2 N–H and O–H groups in total. The van der Waals surface area contributed by atoms with Crippen LogP contribution in [0.1, 0.15) is 13.8 Å². The number of halogens is 4. The number of allylic oxidation sites excluding steroid dienone is 4. The molecule has 0 bridgehead atoms. The number of alkyl halides is 4. The zero-order valence-electron chi connectivity index (χ0n) is 11.5. The fourth-order valence-electron chi connectivity index (χ4n) is 2.26. The molecule has 0 aromatic carbocycles. The molecular formula is C15H16Br4O2. The third-order valence-corrected chi connectivity index (χ3v) is 8.53. The lowest BCUT2D eigenvalue weighted by Crippen LogP contribution is -2.34. The minimum atomic E-state index is -1.06. The summed E-state index contributed by atoms with van der Waals surface area (Å²) in [7, 11) is 0. The molecule has 116 valence electrons. The molecule has 0 aliphatic heterocycles. The fraction of sp³-hybridized carbons (Fsp3) is 0.467. The molecule has 0 heterocycles. The monoisotopic (exact) mass is 544 g/mol. The number of aliphatic hydroxyl groups is 2. The Kier molecular flexibility index (Phi) is 5.20. The number of hydrogen-bond donors (Lipinski definition) is 2. The summed E-state index contributed by atoms with van der Waals surface area (Å²) in [5.41, 5.74) is 1.96. The molecule has 0 aromatic heterocycles. The molecule has 0 saturated carbocycles. The average molecular weight is 548 g/mol. The Morgan fingerprint density at radius 3 is 1.52 bits per heavy atom. The average Bonchev–Trinajstić information content (AvgIpc) is 2.35. The predicted octanol–water partition coefficient (Wildman–Crippen LogP) is 4.70. The molecule has 0 fully saturated rings. The van der Waals surface area contributed by atoms with Crippen LogP contribution in [0.2, 0.25) is 0 Å². The maximum absolute atomic E-state index is 10.1. The zero-order valence-corrected chi connectivity index (χ0v) is 17.9. The van der Waals surface area contributed by atoms with E-state index in [2.05, 4.69) is 77.6 Å². The van der Waals surface area contributed by atoms with Crippen molar-refractivity contribution in [3.63, 3.8) is 0 Å². The Morgan fingerprint density at radius 1 is 0.905 bits per heavy atom. The van der Waals surface area contributed by atoms with Gasteiger partial charge in [0.15, 0.2) is 9.02 Å². The smallest absolute Gasteiger partial charge is 0.154 e. The van der Waals surface area contributed by atoms with E-state index >= 15 is 0 Å². The third kappa shape index (κ3) is 3.66. The summed E-state index contributed by atoms with van der Waals surface area (Å²) in [6, 6.07) is 0. The Morgan fingerprint density at radius 2 is 1.24 bits per heavy atom. The first kappa shape index (κ1) is 18.1. The van der Waals surface area contributed by atoms with Gasteiger partial charge in [-0.1, -0.05) is 70.0 Å². The van der Waals surface area contributed by atoms with E-state index in [0.717, 1.165) is 11.1 Å². The topological polar surface area (TPSA) is 40.5 Å². The number of hydrogen-bond acceptors (Lipinski definition) is 2. The van der Waals surface area contributed by atoms with E-state index in [-0.39, 0.29) is 15.1 Å². The maximum Gasteiger partial charge on any atom is 0.154 e. The fourth-order valence-corrected chi connectivity index (χ4v) is 3.66. The Hall–Kier alpha value is 0.800. The minimum absolute atomic E-state index is 0.203. The van der Waals surface area contributed by atoms with Gasteiger partial charge in [0.2, 0.25) is 0 Å².